The van der Waals surface area contributed by atoms with Gasteiger partial charge in [0.15, 0.2) is 0 Å². The van der Waals surface area contributed by atoms with Crippen LogP contribution >= 0.6 is 0 Å². The van der Waals surface area contributed by atoms with Crippen molar-refractivity contribution in [3.05, 3.63) is 48.2 Å². The van der Waals surface area contributed by atoms with E-state index in [1.54, 1.807) is 12.1 Å². The molecule has 90 valence electrons. The van der Waals surface area contributed by atoms with Gasteiger partial charge in [-0.15, -0.1) is 0 Å². The molecule has 0 spiro atoms. The maximum Gasteiger partial charge on any atom is 0.142 e. The second kappa shape index (κ2) is 5.69. The van der Waals surface area contributed by atoms with E-state index in [4.69, 9.17) is 10.00 Å². The van der Waals surface area contributed by atoms with Gasteiger partial charge in [0, 0.05) is 5.69 Å². The van der Waals surface area contributed by atoms with Gasteiger partial charge >= 0.3 is 0 Å². The van der Waals surface area contributed by atoms with E-state index in [9.17, 15) is 0 Å². The molecule has 18 heavy (non-hydrogen) atoms. The van der Waals surface area contributed by atoms with E-state index in [1.165, 1.54) is 0 Å². The van der Waals surface area contributed by atoms with Crippen molar-refractivity contribution in [2.24, 2.45) is 0 Å². The average Bonchev–Trinajstić information content (AvgIpc) is 2.42. The summed E-state index contributed by atoms with van der Waals surface area (Å²) in [5, 5.41) is 11.9. The monoisotopic (exact) mass is 239 g/mol. The summed E-state index contributed by atoms with van der Waals surface area (Å²) in [7, 11) is 0. The van der Waals surface area contributed by atoms with Crippen molar-refractivity contribution >= 4 is 11.5 Å². The van der Waals surface area contributed by atoms with Gasteiger partial charge in [0.1, 0.15) is 23.3 Å². The van der Waals surface area contributed by atoms with Crippen LogP contribution in [0, 0.1) is 11.3 Å². The van der Waals surface area contributed by atoms with Crippen molar-refractivity contribution in [2.75, 3.05) is 11.9 Å². The number of nitrogens with one attached hydrogen (secondary N) is 1. The summed E-state index contributed by atoms with van der Waals surface area (Å²) in [4.78, 5) is 4.14. The van der Waals surface area contributed by atoms with Gasteiger partial charge < -0.3 is 10.1 Å². The molecule has 0 saturated carbocycles. The number of pyridine rings is 1. The number of rotatable bonds is 4. The standard InChI is InChI=1S/C14H13N3O/c1-2-18-13-8-6-11(7-9-13)16-14-5-3-4-12(10-15)17-14/h3-9H,2H2,1H3,(H,16,17). The van der Waals surface area contributed by atoms with Gasteiger partial charge in [-0.1, -0.05) is 6.07 Å². The van der Waals surface area contributed by atoms with E-state index >= 15 is 0 Å². The van der Waals surface area contributed by atoms with E-state index in [-0.39, 0.29) is 0 Å². The number of nitrogens with zero attached hydrogens (tertiary/aromatic N) is 2. The zero-order chi connectivity index (χ0) is 12.8. The molecule has 0 amide bonds. The summed E-state index contributed by atoms with van der Waals surface area (Å²) in [5.41, 5.74) is 1.30. The number of aromatic nitrogens is 1. The van der Waals surface area contributed by atoms with Crippen molar-refractivity contribution in [1.82, 2.24) is 4.98 Å². The lowest BCUT2D eigenvalue weighted by atomic mass is 10.3. The van der Waals surface area contributed by atoms with Crippen LogP contribution in [0.5, 0.6) is 5.75 Å². The Hall–Kier alpha value is -2.54. The summed E-state index contributed by atoms with van der Waals surface area (Å²) < 4.78 is 5.36. The molecule has 2 aromatic rings. The van der Waals surface area contributed by atoms with Crippen molar-refractivity contribution in [3.63, 3.8) is 0 Å². The molecule has 0 aliphatic heterocycles. The summed E-state index contributed by atoms with van der Waals surface area (Å²) in [5.74, 6) is 1.49. The fraction of sp³-hybridized carbons (Fsp3) is 0.143. The van der Waals surface area contributed by atoms with Crippen LogP contribution in [-0.2, 0) is 0 Å². The molecule has 4 nitrogen and oxygen atoms in total. The molecule has 0 unspecified atom stereocenters. The molecule has 2 rings (SSSR count). The third kappa shape index (κ3) is 2.98. The number of ether oxygens (including phenoxy) is 1. The van der Waals surface area contributed by atoms with Crippen molar-refractivity contribution < 1.29 is 4.74 Å². The van der Waals surface area contributed by atoms with Crippen LogP contribution in [-0.4, -0.2) is 11.6 Å². The van der Waals surface area contributed by atoms with Gasteiger partial charge in [-0.3, -0.25) is 0 Å². The Morgan fingerprint density at radius 3 is 2.67 bits per heavy atom. The first-order chi connectivity index (χ1) is 8.81. The van der Waals surface area contributed by atoms with Crippen LogP contribution in [0.2, 0.25) is 0 Å². The summed E-state index contributed by atoms with van der Waals surface area (Å²) in [6, 6.07) is 14.9. The number of hydrogen-bond donors (Lipinski definition) is 1. The highest BCUT2D eigenvalue weighted by molar-refractivity contribution is 5.57. The molecule has 4 heteroatoms. The summed E-state index contributed by atoms with van der Waals surface area (Å²) in [6.45, 7) is 2.60. The molecule has 0 radical (unpaired) electrons. The van der Waals surface area contributed by atoms with Crippen LogP contribution in [0.4, 0.5) is 11.5 Å². The highest BCUT2D eigenvalue weighted by Gasteiger charge is 1.98. The van der Waals surface area contributed by atoms with E-state index in [2.05, 4.69) is 10.3 Å². The molecule has 0 atom stereocenters. The van der Waals surface area contributed by atoms with Gasteiger partial charge in [0.2, 0.25) is 0 Å². The van der Waals surface area contributed by atoms with E-state index in [0.29, 0.717) is 18.1 Å². The fourth-order valence-corrected chi connectivity index (χ4v) is 1.52. The molecule has 0 aliphatic carbocycles. The lowest BCUT2D eigenvalue weighted by Gasteiger charge is -2.07. The molecule has 1 N–H and O–H groups in total. The van der Waals surface area contributed by atoms with Crippen LogP contribution in [0.1, 0.15) is 12.6 Å². The van der Waals surface area contributed by atoms with Crippen LogP contribution < -0.4 is 10.1 Å². The average molecular weight is 239 g/mol. The van der Waals surface area contributed by atoms with Gasteiger partial charge in [-0.05, 0) is 43.3 Å². The highest BCUT2D eigenvalue weighted by Crippen LogP contribution is 2.18. The Balaban J connectivity index is 2.11. The third-order valence-electron chi connectivity index (χ3n) is 2.30. The molecular weight excluding hydrogens is 226 g/mol. The van der Waals surface area contributed by atoms with Gasteiger partial charge in [0.05, 0.1) is 6.61 Å². The first-order valence-corrected chi connectivity index (χ1v) is 5.69. The summed E-state index contributed by atoms with van der Waals surface area (Å²) in [6.07, 6.45) is 0. The van der Waals surface area contributed by atoms with Crippen LogP contribution in [0.15, 0.2) is 42.5 Å². The lowest BCUT2D eigenvalue weighted by molar-refractivity contribution is 0.340. The molecule has 1 aromatic heterocycles. The Kier molecular flexibility index (Phi) is 3.77. The molecule has 0 aliphatic rings. The Labute approximate surface area is 106 Å². The molecular formula is C14H13N3O. The molecule has 0 bridgehead atoms. The number of benzene rings is 1. The fourth-order valence-electron chi connectivity index (χ4n) is 1.52. The minimum Gasteiger partial charge on any atom is -0.494 e. The Bertz CT molecular complexity index is 558. The van der Waals surface area contributed by atoms with Crippen LogP contribution in [0.3, 0.4) is 0 Å². The molecule has 1 aromatic carbocycles. The van der Waals surface area contributed by atoms with E-state index in [1.807, 2.05) is 43.3 Å². The molecule has 1 heterocycles. The largest absolute Gasteiger partial charge is 0.494 e. The third-order valence-corrected chi connectivity index (χ3v) is 2.30. The Morgan fingerprint density at radius 2 is 2.00 bits per heavy atom. The maximum absolute atomic E-state index is 8.77. The van der Waals surface area contributed by atoms with Crippen molar-refractivity contribution in [1.29, 1.82) is 5.26 Å². The minimum absolute atomic E-state index is 0.394. The van der Waals surface area contributed by atoms with Gasteiger partial charge in [-0.25, -0.2) is 4.98 Å². The second-order valence-electron chi connectivity index (χ2n) is 3.60. The first-order valence-electron chi connectivity index (χ1n) is 5.69. The minimum atomic E-state index is 0.394. The van der Waals surface area contributed by atoms with Gasteiger partial charge in [0.25, 0.3) is 0 Å². The first kappa shape index (κ1) is 11.9. The topological polar surface area (TPSA) is 57.9 Å². The van der Waals surface area contributed by atoms with Crippen molar-refractivity contribution in [2.45, 2.75) is 6.92 Å². The maximum atomic E-state index is 8.77. The lowest BCUT2D eigenvalue weighted by Crippen LogP contribution is -1.95. The number of anilines is 2. The molecule has 0 fully saturated rings. The van der Waals surface area contributed by atoms with Gasteiger partial charge in [-0.2, -0.15) is 5.26 Å². The predicted octanol–water partition coefficient (Wildman–Crippen LogP) is 3.10. The van der Waals surface area contributed by atoms with E-state index in [0.717, 1.165) is 11.4 Å². The van der Waals surface area contributed by atoms with Crippen LogP contribution in [0.25, 0.3) is 0 Å². The number of nitriles is 1. The molecule has 0 saturated heterocycles. The second-order valence-corrected chi connectivity index (χ2v) is 3.60. The Morgan fingerprint density at radius 1 is 1.22 bits per heavy atom. The zero-order valence-electron chi connectivity index (χ0n) is 10.1. The van der Waals surface area contributed by atoms with Crippen molar-refractivity contribution in [3.8, 4) is 11.8 Å². The SMILES string of the molecule is CCOc1ccc(Nc2cccc(C#N)n2)cc1. The quantitative estimate of drug-likeness (QED) is 0.890. The predicted molar refractivity (Wildman–Crippen MR) is 69.8 cm³/mol. The van der Waals surface area contributed by atoms with E-state index < -0.39 is 0 Å². The highest BCUT2D eigenvalue weighted by atomic mass is 16.5. The normalized spacial score (nSPS) is 9.56. The summed E-state index contributed by atoms with van der Waals surface area (Å²) >= 11 is 0. The zero-order valence-corrected chi connectivity index (χ0v) is 10.1. The number of hydrogen-bond acceptors (Lipinski definition) is 4. The smallest absolute Gasteiger partial charge is 0.142 e.